The third-order valence-electron chi connectivity index (χ3n) is 3.22. The maximum Gasteiger partial charge on any atom is 0.0186 e. The summed E-state index contributed by atoms with van der Waals surface area (Å²) < 4.78 is 0. The molecule has 2 rings (SSSR count). The highest BCUT2D eigenvalue weighted by Gasteiger charge is 2.49. The number of hydrogen-bond acceptors (Lipinski definition) is 1. The third kappa shape index (κ3) is 1.07. The molecule has 0 spiro atoms. The topological polar surface area (TPSA) is 26.0 Å². The number of nitrogens with two attached hydrogens (primary N) is 1. The van der Waals surface area contributed by atoms with Crippen molar-refractivity contribution < 1.29 is 0 Å². The molecule has 2 N–H and O–H groups in total. The Morgan fingerprint density at radius 2 is 1.90 bits per heavy atom. The van der Waals surface area contributed by atoms with Gasteiger partial charge in [-0.3, -0.25) is 0 Å². The Balaban J connectivity index is 1.91. The SMILES string of the molecule is NC12CCCCCC[C@H]1C2. The summed E-state index contributed by atoms with van der Waals surface area (Å²) in [5, 5.41) is 0. The maximum atomic E-state index is 6.12. The molecule has 0 saturated heterocycles. The molecular weight excluding hydrogens is 122 g/mol. The molecule has 0 amide bonds. The third-order valence-corrected chi connectivity index (χ3v) is 3.22. The fraction of sp³-hybridized carbons (Fsp3) is 1.00. The molecule has 2 aliphatic rings. The smallest absolute Gasteiger partial charge is 0.0186 e. The predicted octanol–water partition coefficient (Wildman–Crippen LogP) is 2.06. The normalized spacial score (nSPS) is 47.1. The molecule has 10 heavy (non-hydrogen) atoms. The molecule has 2 fully saturated rings. The summed E-state index contributed by atoms with van der Waals surface area (Å²) in [6.45, 7) is 0. The van der Waals surface area contributed by atoms with Crippen LogP contribution in [-0.4, -0.2) is 5.54 Å². The highest BCUT2D eigenvalue weighted by molar-refractivity contribution is 5.07. The Hall–Kier alpha value is -0.0400. The Morgan fingerprint density at radius 1 is 1.10 bits per heavy atom. The van der Waals surface area contributed by atoms with Crippen LogP contribution in [0.3, 0.4) is 0 Å². The van der Waals surface area contributed by atoms with Crippen molar-refractivity contribution in [2.75, 3.05) is 0 Å². The standard InChI is InChI=1S/C9H17N/c10-9-6-4-2-1-3-5-8(9)7-9/h8H,1-7,10H2/t8-,9?/m0/s1. The molecule has 0 radical (unpaired) electrons. The van der Waals surface area contributed by atoms with E-state index in [4.69, 9.17) is 5.73 Å². The summed E-state index contributed by atoms with van der Waals surface area (Å²) in [5.74, 6) is 0.910. The van der Waals surface area contributed by atoms with Crippen molar-refractivity contribution in [3.63, 3.8) is 0 Å². The maximum absolute atomic E-state index is 6.12. The van der Waals surface area contributed by atoms with Gasteiger partial charge in [0.15, 0.2) is 0 Å². The summed E-state index contributed by atoms with van der Waals surface area (Å²) >= 11 is 0. The van der Waals surface area contributed by atoms with Crippen LogP contribution in [0.25, 0.3) is 0 Å². The van der Waals surface area contributed by atoms with Crippen LogP contribution in [0.5, 0.6) is 0 Å². The molecule has 1 unspecified atom stereocenters. The van der Waals surface area contributed by atoms with Crippen LogP contribution in [0.2, 0.25) is 0 Å². The van der Waals surface area contributed by atoms with Crippen LogP contribution in [0.1, 0.15) is 44.9 Å². The van der Waals surface area contributed by atoms with Gasteiger partial charge in [0.05, 0.1) is 0 Å². The molecule has 0 aliphatic heterocycles. The van der Waals surface area contributed by atoms with E-state index in [9.17, 15) is 0 Å². The van der Waals surface area contributed by atoms with Crippen molar-refractivity contribution in [1.29, 1.82) is 0 Å². The minimum absolute atomic E-state index is 0.320. The van der Waals surface area contributed by atoms with E-state index < -0.39 is 0 Å². The molecule has 0 heterocycles. The lowest BCUT2D eigenvalue weighted by Gasteiger charge is -2.14. The second-order valence-electron chi connectivity index (χ2n) is 4.09. The molecule has 2 saturated carbocycles. The zero-order valence-corrected chi connectivity index (χ0v) is 6.60. The van der Waals surface area contributed by atoms with Gasteiger partial charge in [-0.15, -0.1) is 0 Å². The van der Waals surface area contributed by atoms with E-state index in [2.05, 4.69) is 0 Å². The summed E-state index contributed by atoms with van der Waals surface area (Å²) in [7, 11) is 0. The van der Waals surface area contributed by atoms with Crippen LogP contribution >= 0.6 is 0 Å². The van der Waals surface area contributed by atoms with E-state index in [-0.39, 0.29) is 0 Å². The van der Waals surface area contributed by atoms with E-state index in [1.807, 2.05) is 0 Å². The molecule has 58 valence electrons. The molecule has 2 aliphatic carbocycles. The van der Waals surface area contributed by atoms with E-state index in [1.54, 1.807) is 0 Å². The molecule has 0 aromatic carbocycles. The minimum atomic E-state index is 0.320. The Kier molecular flexibility index (Phi) is 1.48. The molecule has 0 aromatic rings. The molecular formula is C9H17N. The molecule has 1 nitrogen and oxygen atoms in total. The van der Waals surface area contributed by atoms with Crippen LogP contribution < -0.4 is 5.73 Å². The second-order valence-corrected chi connectivity index (χ2v) is 4.09. The zero-order chi connectivity index (χ0) is 7.03. The number of hydrogen-bond donors (Lipinski definition) is 1. The van der Waals surface area contributed by atoms with Gasteiger partial charge in [-0.1, -0.05) is 25.7 Å². The highest BCUT2D eigenvalue weighted by Crippen LogP contribution is 2.49. The van der Waals surface area contributed by atoms with Gasteiger partial charge in [0.1, 0.15) is 0 Å². The molecule has 2 atom stereocenters. The van der Waals surface area contributed by atoms with Gasteiger partial charge in [0.25, 0.3) is 0 Å². The largest absolute Gasteiger partial charge is 0.325 e. The van der Waals surface area contributed by atoms with Gasteiger partial charge < -0.3 is 5.73 Å². The highest BCUT2D eigenvalue weighted by atomic mass is 14.9. The first-order valence-corrected chi connectivity index (χ1v) is 4.60. The van der Waals surface area contributed by atoms with Crippen LogP contribution in [0.15, 0.2) is 0 Å². The summed E-state index contributed by atoms with van der Waals surface area (Å²) in [6, 6.07) is 0. The monoisotopic (exact) mass is 139 g/mol. The van der Waals surface area contributed by atoms with Crippen molar-refractivity contribution >= 4 is 0 Å². The van der Waals surface area contributed by atoms with Gasteiger partial charge in [-0.05, 0) is 25.2 Å². The summed E-state index contributed by atoms with van der Waals surface area (Å²) in [5.41, 5.74) is 6.44. The van der Waals surface area contributed by atoms with Crippen LogP contribution in [0.4, 0.5) is 0 Å². The van der Waals surface area contributed by atoms with E-state index >= 15 is 0 Å². The van der Waals surface area contributed by atoms with Crippen molar-refractivity contribution in [2.24, 2.45) is 11.7 Å². The van der Waals surface area contributed by atoms with Gasteiger partial charge in [0.2, 0.25) is 0 Å². The summed E-state index contributed by atoms with van der Waals surface area (Å²) in [4.78, 5) is 0. The molecule has 0 bridgehead atoms. The van der Waals surface area contributed by atoms with Gasteiger partial charge >= 0.3 is 0 Å². The fourth-order valence-corrected chi connectivity index (χ4v) is 2.29. The Morgan fingerprint density at radius 3 is 2.80 bits per heavy atom. The summed E-state index contributed by atoms with van der Waals surface area (Å²) in [6.07, 6.45) is 9.73. The molecule has 1 heteroatoms. The average Bonchev–Trinajstić information content (AvgIpc) is 2.44. The Bertz CT molecular complexity index is 133. The lowest BCUT2D eigenvalue weighted by Crippen LogP contribution is -2.25. The average molecular weight is 139 g/mol. The quantitative estimate of drug-likeness (QED) is 0.546. The first-order chi connectivity index (χ1) is 4.81. The van der Waals surface area contributed by atoms with Gasteiger partial charge in [-0.2, -0.15) is 0 Å². The van der Waals surface area contributed by atoms with Crippen molar-refractivity contribution in [3.8, 4) is 0 Å². The van der Waals surface area contributed by atoms with Crippen LogP contribution in [-0.2, 0) is 0 Å². The van der Waals surface area contributed by atoms with Gasteiger partial charge in [0, 0.05) is 5.54 Å². The first kappa shape index (κ1) is 6.66. The van der Waals surface area contributed by atoms with E-state index in [0.29, 0.717) is 5.54 Å². The van der Waals surface area contributed by atoms with E-state index in [0.717, 1.165) is 5.92 Å². The predicted molar refractivity (Wildman–Crippen MR) is 42.7 cm³/mol. The van der Waals surface area contributed by atoms with Gasteiger partial charge in [-0.25, -0.2) is 0 Å². The number of fused-ring (bicyclic) bond motifs is 1. The van der Waals surface area contributed by atoms with Crippen LogP contribution in [0, 0.1) is 5.92 Å². The fourth-order valence-electron chi connectivity index (χ4n) is 2.29. The minimum Gasteiger partial charge on any atom is -0.325 e. The Labute approximate surface area is 63.0 Å². The number of rotatable bonds is 0. The first-order valence-electron chi connectivity index (χ1n) is 4.60. The lowest BCUT2D eigenvalue weighted by molar-refractivity contribution is 0.442. The van der Waals surface area contributed by atoms with E-state index in [1.165, 1.54) is 44.9 Å². The van der Waals surface area contributed by atoms with Crippen molar-refractivity contribution in [2.45, 2.75) is 50.5 Å². The second kappa shape index (κ2) is 2.23. The lowest BCUT2D eigenvalue weighted by atomic mass is 9.97. The molecule has 0 aromatic heterocycles. The van der Waals surface area contributed by atoms with Crippen molar-refractivity contribution in [3.05, 3.63) is 0 Å². The van der Waals surface area contributed by atoms with Crippen molar-refractivity contribution in [1.82, 2.24) is 0 Å². The zero-order valence-electron chi connectivity index (χ0n) is 6.60.